The lowest BCUT2D eigenvalue weighted by atomic mass is 10.2. The average molecular weight is 388 g/mol. The van der Waals surface area contributed by atoms with Gasteiger partial charge in [0.1, 0.15) is 12.4 Å². The number of rotatable bonds is 4. The van der Waals surface area contributed by atoms with Gasteiger partial charge in [-0.05, 0) is 61.5 Å². The number of nitrogens with zero attached hydrogens (tertiary/aromatic N) is 2. The Morgan fingerprint density at radius 1 is 1.26 bits per heavy atom. The van der Waals surface area contributed by atoms with E-state index in [9.17, 15) is 18.8 Å². The van der Waals surface area contributed by atoms with Gasteiger partial charge in [-0.3, -0.25) is 19.3 Å². The van der Waals surface area contributed by atoms with Crippen molar-refractivity contribution in [2.75, 3.05) is 13.7 Å². The van der Waals surface area contributed by atoms with Crippen LogP contribution in [0.15, 0.2) is 35.2 Å². The van der Waals surface area contributed by atoms with Gasteiger partial charge in [0, 0.05) is 17.1 Å². The predicted octanol–water partition coefficient (Wildman–Crippen LogP) is 3.44. The molecule has 1 saturated heterocycles. The lowest BCUT2D eigenvalue weighted by molar-refractivity contribution is -0.143. The van der Waals surface area contributed by atoms with E-state index in [1.807, 2.05) is 24.5 Å². The molecule has 1 aliphatic heterocycles. The molecule has 3 rings (SSSR count). The van der Waals surface area contributed by atoms with Gasteiger partial charge in [0.2, 0.25) is 0 Å². The number of amides is 2. The molecule has 2 amide bonds. The number of carbonyl (C=O) groups excluding carboxylic acids is 3. The number of ether oxygens (including phenoxy) is 1. The van der Waals surface area contributed by atoms with Crippen molar-refractivity contribution in [3.05, 3.63) is 58.0 Å². The number of hydrogen-bond donors (Lipinski definition) is 0. The Balaban J connectivity index is 1.94. The molecule has 0 radical (unpaired) electrons. The summed E-state index contributed by atoms with van der Waals surface area (Å²) in [6, 6.07) is 8.07. The molecular formula is C19H17FN2O4S. The molecule has 6 nitrogen and oxygen atoms in total. The number of hydrogen-bond acceptors (Lipinski definition) is 5. The van der Waals surface area contributed by atoms with Gasteiger partial charge in [-0.15, -0.1) is 0 Å². The van der Waals surface area contributed by atoms with E-state index in [1.165, 1.54) is 19.2 Å². The fourth-order valence-electron chi connectivity index (χ4n) is 2.92. The minimum Gasteiger partial charge on any atom is -0.468 e. The number of aromatic nitrogens is 1. The van der Waals surface area contributed by atoms with Crippen LogP contribution in [0.25, 0.3) is 11.8 Å². The average Bonchev–Trinajstić information content (AvgIpc) is 3.05. The van der Waals surface area contributed by atoms with E-state index in [4.69, 9.17) is 0 Å². The number of halogens is 1. The van der Waals surface area contributed by atoms with Crippen LogP contribution in [0.1, 0.15) is 17.0 Å². The highest BCUT2D eigenvalue weighted by atomic mass is 32.2. The van der Waals surface area contributed by atoms with Gasteiger partial charge >= 0.3 is 5.97 Å². The largest absolute Gasteiger partial charge is 0.468 e. The van der Waals surface area contributed by atoms with Crippen LogP contribution >= 0.6 is 11.8 Å². The Labute approximate surface area is 159 Å². The van der Waals surface area contributed by atoms with Crippen LogP contribution in [0.2, 0.25) is 0 Å². The Morgan fingerprint density at radius 3 is 2.67 bits per heavy atom. The third-order valence-electron chi connectivity index (χ3n) is 4.21. The number of benzene rings is 1. The molecule has 1 aromatic carbocycles. The third-order valence-corrected chi connectivity index (χ3v) is 5.12. The van der Waals surface area contributed by atoms with Crippen molar-refractivity contribution >= 4 is 35.0 Å². The van der Waals surface area contributed by atoms with Crippen molar-refractivity contribution in [1.29, 1.82) is 0 Å². The second-order valence-electron chi connectivity index (χ2n) is 5.99. The molecule has 1 fully saturated rings. The van der Waals surface area contributed by atoms with E-state index < -0.39 is 23.7 Å². The summed E-state index contributed by atoms with van der Waals surface area (Å²) in [5, 5.41) is -0.518. The second-order valence-corrected chi connectivity index (χ2v) is 6.98. The Kier molecular flexibility index (Phi) is 5.18. The Morgan fingerprint density at radius 2 is 2.00 bits per heavy atom. The number of methoxy groups -OCH3 is 1. The molecule has 1 aliphatic rings. The van der Waals surface area contributed by atoms with Gasteiger partial charge in [0.15, 0.2) is 0 Å². The molecular weight excluding hydrogens is 371 g/mol. The quantitative estimate of drug-likeness (QED) is 0.593. The van der Waals surface area contributed by atoms with Gasteiger partial charge in [-0.2, -0.15) is 0 Å². The van der Waals surface area contributed by atoms with E-state index in [0.717, 1.165) is 33.6 Å². The second kappa shape index (κ2) is 7.40. The fourth-order valence-corrected chi connectivity index (χ4v) is 3.75. The van der Waals surface area contributed by atoms with Crippen molar-refractivity contribution in [2.24, 2.45) is 0 Å². The lowest BCUT2D eigenvalue weighted by Crippen LogP contribution is -2.34. The third kappa shape index (κ3) is 3.66. The van der Waals surface area contributed by atoms with E-state index in [2.05, 4.69) is 4.74 Å². The van der Waals surface area contributed by atoms with Crippen LogP contribution < -0.4 is 0 Å². The SMILES string of the molecule is COC(=O)CN1C(=O)SC(=Cc2cc(C)n(-c3cccc(F)c3)c2C)C1=O. The topological polar surface area (TPSA) is 68.6 Å². The lowest BCUT2D eigenvalue weighted by Gasteiger charge is -2.10. The van der Waals surface area contributed by atoms with Crippen molar-refractivity contribution < 1.29 is 23.5 Å². The first-order valence-electron chi connectivity index (χ1n) is 8.09. The molecule has 0 aliphatic carbocycles. The molecule has 1 aromatic heterocycles. The van der Waals surface area contributed by atoms with Crippen molar-refractivity contribution in [3.8, 4) is 5.69 Å². The van der Waals surface area contributed by atoms with Crippen LogP contribution in [0.3, 0.4) is 0 Å². The summed E-state index contributed by atoms with van der Waals surface area (Å²) in [5.41, 5.74) is 3.07. The molecule has 0 unspecified atom stereocenters. The van der Waals surface area contributed by atoms with Crippen molar-refractivity contribution in [2.45, 2.75) is 13.8 Å². The van der Waals surface area contributed by atoms with Gasteiger partial charge in [0.25, 0.3) is 11.1 Å². The summed E-state index contributed by atoms with van der Waals surface area (Å²) >= 11 is 0.773. The number of esters is 1. The summed E-state index contributed by atoms with van der Waals surface area (Å²) in [6.07, 6.45) is 1.61. The van der Waals surface area contributed by atoms with Crippen LogP contribution in [-0.4, -0.2) is 40.2 Å². The van der Waals surface area contributed by atoms with Crippen LogP contribution in [-0.2, 0) is 14.3 Å². The van der Waals surface area contributed by atoms with E-state index in [-0.39, 0.29) is 10.7 Å². The number of carbonyl (C=O) groups is 3. The highest BCUT2D eigenvalue weighted by molar-refractivity contribution is 8.18. The predicted molar refractivity (Wildman–Crippen MR) is 99.9 cm³/mol. The van der Waals surface area contributed by atoms with Crippen molar-refractivity contribution in [1.82, 2.24) is 9.47 Å². The number of thioether (sulfide) groups is 1. The molecule has 2 aromatic rings. The first-order valence-corrected chi connectivity index (χ1v) is 8.90. The standard InChI is InChI=1S/C19H17FN2O4S/c1-11-7-13(12(2)22(11)15-6-4-5-14(20)9-15)8-16-18(24)21(19(25)27-16)10-17(23)26-3/h4-9H,10H2,1-3H3. The molecule has 0 N–H and O–H groups in total. The molecule has 0 saturated carbocycles. The summed E-state index contributed by atoms with van der Waals surface area (Å²) in [4.78, 5) is 36.9. The van der Waals surface area contributed by atoms with E-state index >= 15 is 0 Å². The highest BCUT2D eigenvalue weighted by Crippen LogP contribution is 2.33. The molecule has 0 spiro atoms. The monoisotopic (exact) mass is 388 g/mol. The molecule has 0 bridgehead atoms. The van der Waals surface area contributed by atoms with Gasteiger partial charge < -0.3 is 9.30 Å². The smallest absolute Gasteiger partial charge is 0.325 e. The Bertz CT molecular complexity index is 980. The molecule has 140 valence electrons. The van der Waals surface area contributed by atoms with Crippen LogP contribution in [0.5, 0.6) is 0 Å². The number of aryl methyl sites for hydroxylation is 1. The van der Waals surface area contributed by atoms with Gasteiger partial charge in [-0.1, -0.05) is 6.07 Å². The summed E-state index contributed by atoms with van der Waals surface area (Å²) < 4.78 is 19.9. The zero-order valence-electron chi connectivity index (χ0n) is 15.0. The van der Waals surface area contributed by atoms with Gasteiger partial charge in [-0.25, -0.2) is 4.39 Å². The van der Waals surface area contributed by atoms with Gasteiger partial charge in [0.05, 0.1) is 12.0 Å². The Hall–Kier alpha value is -2.87. The summed E-state index contributed by atoms with van der Waals surface area (Å²) in [7, 11) is 1.19. The maximum absolute atomic E-state index is 13.6. The molecule has 8 heteroatoms. The molecule has 0 atom stereocenters. The number of imide groups is 1. The maximum atomic E-state index is 13.6. The van der Waals surface area contributed by atoms with Crippen molar-refractivity contribution in [3.63, 3.8) is 0 Å². The molecule has 27 heavy (non-hydrogen) atoms. The zero-order valence-corrected chi connectivity index (χ0v) is 15.8. The summed E-state index contributed by atoms with van der Waals surface area (Å²) in [5.74, 6) is -1.54. The van der Waals surface area contributed by atoms with E-state index in [0.29, 0.717) is 5.69 Å². The molecule has 2 heterocycles. The highest BCUT2D eigenvalue weighted by Gasteiger charge is 2.36. The van der Waals surface area contributed by atoms with Crippen LogP contribution in [0.4, 0.5) is 9.18 Å². The minimum absolute atomic E-state index is 0.225. The maximum Gasteiger partial charge on any atom is 0.325 e. The first kappa shape index (κ1) is 18.9. The van der Waals surface area contributed by atoms with Crippen LogP contribution in [0, 0.1) is 19.7 Å². The fraction of sp³-hybridized carbons (Fsp3) is 0.211. The normalized spacial score (nSPS) is 15.7. The van der Waals surface area contributed by atoms with E-state index in [1.54, 1.807) is 18.2 Å². The first-order chi connectivity index (χ1) is 12.8. The zero-order chi connectivity index (χ0) is 19.7. The summed E-state index contributed by atoms with van der Waals surface area (Å²) in [6.45, 7) is 3.31. The minimum atomic E-state index is -0.664.